The highest BCUT2D eigenvalue weighted by molar-refractivity contribution is 14.0. The zero-order valence-corrected chi connectivity index (χ0v) is 16.6. The number of likely N-dealkylation sites (tertiary alicyclic amines) is 1. The van der Waals surface area contributed by atoms with Crippen molar-refractivity contribution in [1.29, 1.82) is 0 Å². The summed E-state index contributed by atoms with van der Waals surface area (Å²) in [6.45, 7) is 9.70. The van der Waals surface area contributed by atoms with Crippen LogP contribution in [0.3, 0.4) is 0 Å². The number of nitrogens with zero attached hydrogens (tertiary/aromatic N) is 2. The Hall–Kier alpha value is -0.570. The van der Waals surface area contributed by atoms with Crippen LogP contribution in [0.5, 0.6) is 0 Å². The van der Waals surface area contributed by atoms with Crippen LogP contribution in [0, 0.1) is 5.41 Å². The first-order chi connectivity index (χ1) is 10.7. The molecule has 134 valence electrons. The van der Waals surface area contributed by atoms with Gasteiger partial charge in [-0.05, 0) is 33.1 Å². The van der Waals surface area contributed by atoms with Gasteiger partial charge in [0.25, 0.3) is 0 Å². The molecule has 2 aliphatic heterocycles. The average Bonchev–Trinajstić information content (AvgIpc) is 3.13. The van der Waals surface area contributed by atoms with Crippen LogP contribution in [-0.2, 0) is 14.3 Å². The Labute approximate surface area is 156 Å². The summed E-state index contributed by atoms with van der Waals surface area (Å²) < 4.78 is 10.5. The van der Waals surface area contributed by atoms with E-state index < -0.39 is 0 Å². The van der Waals surface area contributed by atoms with Gasteiger partial charge < -0.3 is 19.7 Å². The monoisotopic (exact) mass is 439 g/mol. The smallest absolute Gasteiger partial charge is 0.305 e. The lowest BCUT2D eigenvalue weighted by Gasteiger charge is -2.24. The Morgan fingerprint density at radius 3 is 2.87 bits per heavy atom. The number of esters is 1. The number of nitrogens with one attached hydrogen (secondary N) is 1. The molecule has 2 fully saturated rings. The number of halogens is 1. The molecule has 1 unspecified atom stereocenters. The van der Waals surface area contributed by atoms with Crippen molar-refractivity contribution in [2.24, 2.45) is 10.4 Å². The van der Waals surface area contributed by atoms with Crippen molar-refractivity contribution < 1.29 is 14.3 Å². The van der Waals surface area contributed by atoms with Gasteiger partial charge >= 0.3 is 5.97 Å². The lowest BCUT2D eigenvalue weighted by Crippen LogP contribution is -2.41. The molecule has 0 aliphatic carbocycles. The van der Waals surface area contributed by atoms with Gasteiger partial charge in [0.1, 0.15) is 0 Å². The van der Waals surface area contributed by atoms with E-state index in [0.29, 0.717) is 25.0 Å². The molecule has 0 radical (unpaired) electrons. The Bertz CT molecular complexity index is 398. The predicted octanol–water partition coefficient (Wildman–Crippen LogP) is 2.03. The Morgan fingerprint density at radius 1 is 1.39 bits per heavy atom. The minimum atomic E-state index is -0.133. The number of hydrogen-bond donors (Lipinski definition) is 1. The van der Waals surface area contributed by atoms with Crippen LogP contribution in [0.25, 0.3) is 0 Å². The Kier molecular flexibility index (Phi) is 9.19. The highest BCUT2D eigenvalue weighted by Crippen LogP contribution is 2.38. The van der Waals surface area contributed by atoms with Crippen molar-refractivity contribution in [3.63, 3.8) is 0 Å². The van der Waals surface area contributed by atoms with Gasteiger partial charge in [0, 0.05) is 44.6 Å². The molecule has 2 aliphatic rings. The quantitative estimate of drug-likeness (QED) is 0.226. The van der Waals surface area contributed by atoms with Crippen molar-refractivity contribution in [3.8, 4) is 0 Å². The maximum absolute atomic E-state index is 11.3. The summed E-state index contributed by atoms with van der Waals surface area (Å²) in [6.07, 6.45) is 3.51. The van der Waals surface area contributed by atoms with Gasteiger partial charge in [0.2, 0.25) is 0 Å². The molecule has 1 N–H and O–H groups in total. The molecule has 2 heterocycles. The summed E-state index contributed by atoms with van der Waals surface area (Å²) in [6, 6.07) is 0. The van der Waals surface area contributed by atoms with E-state index in [0.717, 1.165) is 51.6 Å². The van der Waals surface area contributed by atoms with E-state index in [9.17, 15) is 4.79 Å². The maximum atomic E-state index is 11.3. The van der Waals surface area contributed by atoms with Gasteiger partial charge in [-0.25, -0.2) is 0 Å². The number of ether oxygens (including phenoxy) is 2. The second-order valence-electron chi connectivity index (χ2n) is 6.12. The maximum Gasteiger partial charge on any atom is 0.305 e. The number of aliphatic imine (C=N–C) groups is 1. The molecule has 6 nitrogen and oxygen atoms in total. The van der Waals surface area contributed by atoms with Gasteiger partial charge in [0.05, 0.1) is 13.2 Å². The fourth-order valence-corrected chi connectivity index (χ4v) is 3.15. The number of hydrogen-bond acceptors (Lipinski definition) is 4. The molecule has 7 heteroatoms. The zero-order chi connectivity index (χ0) is 15.8. The van der Waals surface area contributed by atoms with Gasteiger partial charge in [0.15, 0.2) is 5.96 Å². The molecule has 0 bridgehead atoms. The summed E-state index contributed by atoms with van der Waals surface area (Å²) >= 11 is 0. The Morgan fingerprint density at radius 2 is 2.22 bits per heavy atom. The summed E-state index contributed by atoms with van der Waals surface area (Å²) in [5, 5.41) is 3.36. The number of rotatable bonds is 6. The van der Waals surface area contributed by atoms with Crippen molar-refractivity contribution >= 4 is 35.9 Å². The molecule has 23 heavy (non-hydrogen) atoms. The van der Waals surface area contributed by atoms with E-state index in [4.69, 9.17) is 9.47 Å². The molecular weight excluding hydrogens is 409 g/mol. The van der Waals surface area contributed by atoms with E-state index >= 15 is 0 Å². The molecule has 0 amide bonds. The van der Waals surface area contributed by atoms with Crippen LogP contribution in [0.1, 0.15) is 39.5 Å². The molecule has 1 spiro atoms. The largest absolute Gasteiger partial charge is 0.466 e. The third-order valence-corrected chi connectivity index (χ3v) is 4.36. The highest BCUT2D eigenvalue weighted by atomic mass is 127. The van der Waals surface area contributed by atoms with E-state index in [1.165, 1.54) is 6.42 Å². The van der Waals surface area contributed by atoms with Crippen LogP contribution in [0.15, 0.2) is 4.99 Å². The molecule has 0 aromatic rings. The van der Waals surface area contributed by atoms with Gasteiger partial charge in [-0.15, -0.1) is 24.0 Å². The highest BCUT2D eigenvalue weighted by Gasteiger charge is 2.42. The zero-order valence-electron chi connectivity index (χ0n) is 14.3. The summed E-state index contributed by atoms with van der Waals surface area (Å²) in [4.78, 5) is 18.3. The van der Waals surface area contributed by atoms with Crippen molar-refractivity contribution in [2.45, 2.75) is 39.5 Å². The third kappa shape index (κ3) is 6.10. The summed E-state index contributed by atoms with van der Waals surface area (Å²) in [7, 11) is 0. The normalized spacial score (nSPS) is 23.9. The van der Waals surface area contributed by atoms with E-state index in [2.05, 4.69) is 22.1 Å². The lowest BCUT2D eigenvalue weighted by atomic mass is 9.87. The van der Waals surface area contributed by atoms with Gasteiger partial charge in [-0.3, -0.25) is 9.79 Å². The van der Waals surface area contributed by atoms with Crippen molar-refractivity contribution in [3.05, 3.63) is 0 Å². The van der Waals surface area contributed by atoms with E-state index in [-0.39, 0.29) is 29.9 Å². The van der Waals surface area contributed by atoms with Crippen molar-refractivity contribution in [2.75, 3.05) is 46.0 Å². The van der Waals surface area contributed by atoms with Gasteiger partial charge in [-0.1, -0.05) is 0 Å². The molecule has 0 aromatic carbocycles. The minimum Gasteiger partial charge on any atom is -0.466 e. The summed E-state index contributed by atoms with van der Waals surface area (Å²) in [5.74, 6) is 0.834. The molecule has 0 aromatic heterocycles. The van der Waals surface area contributed by atoms with E-state index in [1.807, 2.05) is 6.92 Å². The number of carbonyl (C=O) groups excluding carboxylic acids is 1. The molecule has 2 saturated heterocycles. The van der Waals surface area contributed by atoms with Crippen LogP contribution >= 0.6 is 24.0 Å². The van der Waals surface area contributed by atoms with Gasteiger partial charge in [-0.2, -0.15) is 0 Å². The number of carbonyl (C=O) groups is 1. The fraction of sp³-hybridized carbons (Fsp3) is 0.875. The first kappa shape index (κ1) is 20.5. The first-order valence-electron chi connectivity index (χ1n) is 8.46. The SMILES string of the molecule is CCNC(=NCCCC(=O)OCC)N1CCC2(CCOC2)C1.I. The topological polar surface area (TPSA) is 63.2 Å². The molecular formula is C16H30IN3O3. The minimum absolute atomic E-state index is 0. The standard InChI is InChI=1S/C16H29N3O3.HI/c1-3-17-15(18-9-5-6-14(20)22-4-2)19-10-7-16(12-19)8-11-21-13-16;/h3-13H2,1-2H3,(H,17,18);1H. The molecule has 1 atom stereocenters. The predicted molar refractivity (Wildman–Crippen MR) is 101 cm³/mol. The van der Waals surface area contributed by atoms with Crippen molar-refractivity contribution in [1.82, 2.24) is 10.2 Å². The fourth-order valence-electron chi connectivity index (χ4n) is 3.15. The lowest BCUT2D eigenvalue weighted by molar-refractivity contribution is -0.143. The first-order valence-corrected chi connectivity index (χ1v) is 8.46. The van der Waals surface area contributed by atoms with Crippen LogP contribution in [-0.4, -0.2) is 62.8 Å². The summed E-state index contributed by atoms with van der Waals surface area (Å²) in [5.41, 5.74) is 0.334. The van der Waals surface area contributed by atoms with Crippen LogP contribution in [0.2, 0.25) is 0 Å². The molecule has 0 saturated carbocycles. The number of guanidine groups is 1. The van der Waals surface area contributed by atoms with Crippen LogP contribution in [0.4, 0.5) is 0 Å². The molecule has 2 rings (SSSR count). The second kappa shape index (κ2) is 10.3. The van der Waals surface area contributed by atoms with E-state index in [1.54, 1.807) is 0 Å². The third-order valence-electron chi connectivity index (χ3n) is 4.36. The second-order valence-corrected chi connectivity index (χ2v) is 6.12. The Balaban J connectivity index is 0.00000264. The van der Waals surface area contributed by atoms with Crippen LogP contribution < -0.4 is 5.32 Å². The average molecular weight is 439 g/mol.